The number of ether oxygens (including phenoxy) is 2. The summed E-state index contributed by atoms with van der Waals surface area (Å²) in [6.07, 6.45) is 0. The molecule has 5 rings (SSSR count). The Morgan fingerprint density at radius 3 is 0.812 bits per heavy atom. The van der Waals surface area contributed by atoms with Crippen LogP contribution in [0.1, 0.15) is 22.3 Å². The Balaban J connectivity index is 1.73. The second kappa shape index (κ2) is 7.82. The highest BCUT2D eigenvalue weighted by Crippen LogP contribution is 2.47. The number of rotatable bonds is 4. The molecule has 1 aliphatic rings. The average Bonchev–Trinajstić information content (AvgIpc) is 2.87. The molecule has 0 bridgehead atoms. The topological polar surface area (TPSA) is 52.6 Å². The Morgan fingerprint density at radius 2 is 0.594 bits per heavy atom. The molecule has 1 saturated heterocycles. The fraction of sp³-hybridized carbons (Fsp3) is 0.0714. The van der Waals surface area contributed by atoms with Gasteiger partial charge in [0.2, 0.25) is 0 Å². The van der Waals surface area contributed by atoms with Gasteiger partial charge >= 0.3 is 11.9 Å². The summed E-state index contributed by atoms with van der Waals surface area (Å²) in [6, 6.07) is 35.9. The van der Waals surface area contributed by atoms with Crippen LogP contribution >= 0.6 is 0 Å². The molecule has 0 atom stereocenters. The van der Waals surface area contributed by atoms with Gasteiger partial charge in [-0.1, -0.05) is 121 Å². The zero-order valence-corrected chi connectivity index (χ0v) is 17.2. The van der Waals surface area contributed by atoms with Gasteiger partial charge in [0, 0.05) is 22.3 Å². The van der Waals surface area contributed by atoms with Gasteiger partial charge in [-0.15, -0.1) is 0 Å². The van der Waals surface area contributed by atoms with Crippen molar-refractivity contribution in [1.82, 2.24) is 0 Å². The molecular weight excluding hydrogens is 400 g/mol. The van der Waals surface area contributed by atoms with E-state index in [4.69, 9.17) is 9.47 Å². The maximum Gasteiger partial charge on any atom is 0.362 e. The summed E-state index contributed by atoms with van der Waals surface area (Å²) in [6.45, 7) is 0. The Labute approximate surface area is 186 Å². The van der Waals surface area contributed by atoms with Crippen molar-refractivity contribution in [2.45, 2.75) is 11.2 Å². The molecule has 4 aromatic carbocycles. The van der Waals surface area contributed by atoms with Crippen molar-refractivity contribution in [3.63, 3.8) is 0 Å². The van der Waals surface area contributed by atoms with Gasteiger partial charge in [0.15, 0.2) is 0 Å². The molecule has 1 aliphatic heterocycles. The largest absolute Gasteiger partial charge is 0.433 e. The van der Waals surface area contributed by atoms with Crippen LogP contribution in [0.4, 0.5) is 0 Å². The van der Waals surface area contributed by atoms with Crippen molar-refractivity contribution < 1.29 is 19.1 Å². The molecular formula is C28H20O4. The summed E-state index contributed by atoms with van der Waals surface area (Å²) >= 11 is 0. The van der Waals surface area contributed by atoms with Crippen molar-refractivity contribution in [3.05, 3.63) is 144 Å². The SMILES string of the molecule is O=C1OC(c2ccccc2)(c2ccccc2)C(=O)OC1(c1ccccc1)c1ccccc1. The molecule has 156 valence electrons. The van der Waals surface area contributed by atoms with Gasteiger partial charge in [-0.3, -0.25) is 0 Å². The Morgan fingerprint density at radius 1 is 0.375 bits per heavy atom. The quantitative estimate of drug-likeness (QED) is 0.437. The van der Waals surface area contributed by atoms with Gasteiger partial charge in [-0.2, -0.15) is 0 Å². The Bertz CT molecular complexity index is 1060. The molecule has 0 saturated carbocycles. The molecule has 1 fully saturated rings. The van der Waals surface area contributed by atoms with Gasteiger partial charge < -0.3 is 9.47 Å². The molecule has 32 heavy (non-hydrogen) atoms. The van der Waals surface area contributed by atoms with Crippen LogP contribution < -0.4 is 0 Å². The summed E-state index contributed by atoms with van der Waals surface area (Å²) in [5.74, 6) is -1.30. The summed E-state index contributed by atoms with van der Waals surface area (Å²) in [7, 11) is 0. The van der Waals surface area contributed by atoms with E-state index in [-0.39, 0.29) is 0 Å². The highest BCUT2D eigenvalue weighted by atomic mass is 16.7. The van der Waals surface area contributed by atoms with Crippen molar-refractivity contribution >= 4 is 11.9 Å². The lowest BCUT2D eigenvalue weighted by Crippen LogP contribution is -2.57. The minimum absolute atomic E-state index is 0.527. The fourth-order valence-electron chi connectivity index (χ4n) is 4.24. The average molecular weight is 420 g/mol. The van der Waals surface area contributed by atoms with Crippen LogP contribution in [-0.4, -0.2) is 11.9 Å². The monoisotopic (exact) mass is 420 g/mol. The molecule has 0 radical (unpaired) electrons. The number of cyclic esters (lactones) is 2. The number of hydrogen-bond donors (Lipinski definition) is 0. The summed E-state index contributed by atoms with van der Waals surface area (Å²) in [4.78, 5) is 27.9. The minimum Gasteiger partial charge on any atom is -0.433 e. The zero-order valence-electron chi connectivity index (χ0n) is 17.2. The molecule has 0 spiro atoms. The Kier molecular flexibility index (Phi) is 4.83. The van der Waals surface area contributed by atoms with Crippen LogP contribution in [0.25, 0.3) is 0 Å². The van der Waals surface area contributed by atoms with E-state index in [1.54, 1.807) is 97.1 Å². The first-order chi connectivity index (χ1) is 15.7. The number of carbonyl (C=O) groups excluding carboxylic acids is 2. The fourth-order valence-corrected chi connectivity index (χ4v) is 4.24. The third-order valence-electron chi connectivity index (χ3n) is 5.79. The lowest BCUT2D eigenvalue weighted by molar-refractivity contribution is -0.219. The van der Waals surface area contributed by atoms with E-state index in [1.807, 2.05) is 24.3 Å². The number of carbonyl (C=O) groups is 2. The van der Waals surface area contributed by atoms with Crippen LogP contribution in [0.2, 0.25) is 0 Å². The summed E-state index contributed by atoms with van der Waals surface area (Å²) < 4.78 is 12.3. The van der Waals surface area contributed by atoms with Gasteiger partial charge in [0.1, 0.15) is 0 Å². The van der Waals surface area contributed by atoms with Crippen LogP contribution in [0, 0.1) is 0 Å². The molecule has 0 aliphatic carbocycles. The van der Waals surface area contributed by atoms with E-state index in [0.29, 0.717) is 22.3 Å². The lowest BCUT2D eigenvalue weighted by atomic mass is 9.80. The normalized spacial score (nSPS) is 16.6. The van der Waals surface area contributed by atoms with Crippen LogP contribution in [-0.2, 0) is 30.3 Å². The van der Waals surface area contributed by atoms with Crippen LogP contribution in [0.3, 0.4) is 0 Å². The first-order valence-corrected chi connectivity index (χ1v) is 10.4. The van der Waals surface area contributed by atoms with Gasteiger partial charge in [0.05, 0.1) is 0 Å². The van der Waals surface area contributed by atoms with E-state index in [0.717, 1.165) is 0 Å². The van der Waals surface area contributed by atoms with Crippen molar-refractivity contribution in [3.8, 4) is 0 Å². The summed E-state index contributed by atoms with van der Waals surface area (Å²) in [5.41, 5.74) is -1.30. The number of hydrogen-bond acceptors (Lipinski definition) is 4. The predicted octanol–water partition coefficient (Wildman–Crippen LogP) is 4.97. The van der Waals surface area contributed by atoms with Gasteiger partial charge in [0.25, 0.3) is 11.2 Å². The Hall–Kier alpha value is -4.18. The van der Waals surface area contributed by atoms with E-state index in [1.165, 1.54) is 0 Å². The van der Waals surface area contributed by atoms with Crippen molar-refractivity contribution in [1.29, 1.82) is 0 Å². The molecule has 1 heterocycles. The van der Waals surface area contributed by atoms with E-state index in [9.17, 15) is 9.59 Å². The van der Waals surface area contributed by atoms with Crippen LogP contribution in [0.5, 0.6) is 0 Å². The molecule has 0 aromatic heterocycles. The maximum atomic E-state index is 13.9. The van der Waals surface area contributed by atoms with Gasteiger partial charge in [-0.05, 0) is 0 Å². The predicted molar refractivity (Wildman–Crippen MR) is 120 cm³/mol. The zero-order chi connectivity index (χ0) is 22.0. The first kappa shape index (κ1) is 19.8. The van der Waals surface area contributed by atoms with Crippen molar-refractivity contribution in [2.75, 3.05) is 0 Å². The maximum absolute atomic E-state index is 13.9. The highest BCUT2D eigenvalue weighted by molar-refractivity contribution is 5.98. The third kappa shape index (κ3) is 2.92. The smallest absolute Gasteiger partial charge is 0.362 e. The number of esters is 2. The van der Waals surface area contributed by atoms with Crippen molar-refractivity contribution in [2.24, 2.45) is 0 Å². The number of benzene rings is 4. The summed E-state index contributed by atoms with van der Waals surface area (Å²) in [5, 5.41) is 0. The second-order valence-electron chi connectivity index (χ2n) is 7.61. The highest BCUT2D eigenvalue weighted by Gasteiger charge is 2.61. The van der Waals surface area contributed by atoms with Crippen LogP contribution in [0.15, 0.2) is 121 Å². The van der Waals surface area contributed by atoms with E-state index >= 15 is 0 Å². The van der Waals surface area contributed by atoms with E-state index in [2.05, 4.69) is 0 Å². The molecule has 0 amide bonds. The third-order valence-corrected chi connectivity index (χ3v) is 5.79. The standard InChI is InChI=1S/C28H20O4/c29-25-27(21-13-5-1-6-14-21,22-15-7-2-8-16-22)31-26(30)28(32-25,23-17-9-3-10-18-23)24-19-11-4-12-20-24/h1-20H. The van der Waals surface area contributed by atoms with E-state index < -0.39 is 23.1 Å². The first-order valence-electron chi connectivity index (χ1n) is 10.4. The molecule has 0 unspecified atom stereocenters. The molecule has 4 heteroatoms. The second-order valence-corrected chi connectivity index (χ2v) is 7.61. The lowest BCUT2D eigenvalue weighted by Gasteiger charge is -2.44. The molecule has 0 N–H and O–H groups in total. The minimum atomic E-state index is -1.70. The molecule has 4 nitrogen and oxygen atoms in total. The van der Waals surface area contributed by atoms with Gasteiger partial charge in [-0.25, -0.2) is 9.59 Å². The molecule has 4 aromatic rings.